The lowest BCUT2D eigenvalue weighted by molar-refractivity contribution is 0.217. The number of hydrogen-bond acceptors (Lipinski definition) is 3. The number of nitrogens with one attached hydrogen (secondary N) is 1. The van der Waals surface area contributed by atoms with E-state index in [0.717, 1.165) is 44.5 Å². The average molecular weight is 278 g/mol. The van der Waals surface area contributed by atoms with Gasteiger partial charge in [0.25, 0.3) is 0 Å². The lowest BCUT2D eigenvalue weighted by Gasteiger charge is -2.20. The molecule has 0 radical (unpaired) electrons. The summed E-state index contributed by atoms with van der Waals surface area (Å²) in [5, 5.41) is 3.32. The second-order valence-corrected chi connectivity index (χ2v) is 5.55. The first-order valence-electron chi connectivity index (χ1n) is 7.76. The van der Waals surface area contributed by atoms with E-state index in [0.29, 0.717) is 0 Å². The molecule has 1 N–H and O–H groups in total. The van der Waals surface area contributed by atoms with E-state index in [1.165, 1.54) is 12.0 Å². The normalized spacial score (nSPS) is 12.7. The zero-order valence-corrected chi connectivity index (χ0v) is 13.5. The molecule has 1 aromatic rings. The highest BCUT2D eigenvalue weighted by molar-refractivity contribution is 5.27. The summed E-state index contributed by atoms with van der Waals surface area (Å²) in [5.41, 5.74) is 1.30. The Kier molecular flexibility index (Phi) is 8.31. The van der Waals surface area contributed by atoms with Gasteiger partial charge in [0.2, 0.25) is 0 Å². The molecule has 0 saturated carbocycles. The van der Waals surface area contributed by atoms with E-state index >= 15 is 0 Å². The molecule has 0 aliphatic heterocycles. The van der Waals surface area contributed by atoms with Gasteiger partial charge < -0.3 is 15.0 Å². The minimum absolute atomic E-state index is 0.749. The zero-order chi connectivity index (χ0) is 14.8. The van der Waals surface area contributed by atoms with Gasteiger partial charge in [0, 0.05) is 19.6 Å². The van der Waals surface area contributed by atoms with Crippen molar-refractivity contribution in [1.82, 2.24) is 10.2 Å². The molecule has 0 saturated heterocycles. The van der Waals surface area contributed by atoms with E-state index in [9.17, 15) is 0 Å². The Balaban J connectivity index is 2.24. The highest BCUT2D eigenvalue weighted by atomic mass is 16.5. The number of nitrogens with zero attached hydrogens (tertiary/aromatic N) is 1. The molecule has 0 fully saturated rings. The summed E-state index contributed by atoms with van der Waals surface area (Å²) in [5.74, 6) is 1.72. The van der Waals surface area contributed by atoms with E-state index in [4.69, 9.17) is 4.74 Å². The summed E-state index contributed by atoms with van der Waals surface area (Å²) in [4.78, 5) is 2.34. The van der Waals surface area contributed by atoms with E-state index in [1.54, 1.807) is 0 Å². The van der Waals surface area contributed by atoms with Gasteiger partial charge in [-0.25, -0.2) is 0 Å². The van der Waals surface area contributed by atoms with Crippen LogP contribution in [0.3, 0.4) is 0 Å². The largest absolute Gasteiger partial charge is 0.492 e. The molecule has 0 heterocycles. The summed E-state index contributed by atoms with van der Waals surface area (Å²) in [6.07, 6.45) is 1.23. The Bertz CT molecular complexity index is 351. The first-order chi connectivity index (χ1) is 9.65. The predicted octanol–water partition coefficient (Wildman–Crippen LogP) is 3.15. The fourth-order valence-corrected chi connectivity index (χ4v) is 2.04. The quantitative estimate of drug-likeness (QED) is 0.711. The van der Waals surface area contributed by atoms with E-state index in [-0.39, 0.29) is 0 Å². The topological polar surface area (TPSA) is 24.5 Å². The van der Waals surface area contributed by atoms with Crippen LogP contribution in [0.2, 0.25) is 0 Å². The summed E-state index contributed by atoms with van der Waals surface area (Å²) in [7, 11) is 2.16. The van der Waals surface area contributed by atoms with Crippen LogP contribution in [0.5, 0.6) is 5.75 Å². The van der Waals surface area contributed by atoms with Crippen molar-refractivity contribution in [1.29, 1.82) is 0 Å². The first-order valence-corrected chi connectivity index (χ1v) is 7.76. The van der Waals surface area contributed by atoms with Crippen LogP contribution in [0.15, 0.2) is 24.3 Å². The van der Waals surface area contributed by atoms with E-state index < -0.39 is 0 Å². The van der Waals surface area contributed by atoms with Crippen LogP contribution in [-0.4, -0.2) is 38.2 Å². The van der Waals surface area contributed by atoms with Gasteiger partial charge in [0.15, 0.2) is 0 Å². The number of likely N-dealkylation sites (N-methyl/N-ethyl adjacent to an activating group) is 1. The molecule has 20 heavy (non-hydrogen) atoms. The Hall–Kier alpha value is -1.06. The lowest BCUT2D eigenvalue weighted by Crippen LogP contribution is -2.28. The summed E-state index contributed by atoms with van der Waals surface area (Å²) >= 11 is 0. The highest BCUT2D eigenvalue weighted by Gasteiger charge is 2.04. The molecule has 114 valence electrons. The fraction of sp³-hybridized carbons (Fsp3) is 0.647. The molecule has 0 spiro atoms. The minimum atomic E-state index is 0.749. The Morgan fingerprint density at radius 1 is 1.20 bits per heavy atom. The van der Waals surface area contributed by atoms with Gasteiger partial charge >= 0.3 is 0 Å². The van der Waals surface area contributed by atoms with Gasteiger partial charge in [-0.15, -0.1) is 0 Å². The van der Waals surface area contributed by atoms with Crippen LogP contribution in [0.25, 0.3) is 0 Å². The van der Waals surface area contributed by atoms with Crippen molar-refractivity contribution >= 4 is 0 Å². The molecule has 3 heteroatoms. The molecule has 0 aromatic heterocycles. The number of hydrogen-bond donors (Lipinski definition) is 1. The van der Waals surface area contributed by atoms with Crippen LogP contribution in [0, 0.1) is 5.92 Å². The van der Waals surface area contributed by atoms with E-state index in [1.807, 2.05) is 0 Å². The summed E-state index contributed by atoms with van der Waals surface area (Å²) in [6, 6.07) is 8.37. The van der Waals surface area contributed by atoms with Gasteiger partial charge in [-0.05, 0) is 37.2 Å². The van der Waals surface area contributed by atoms with Crippen LogP contribution in [0.4, 0.5) is 0 Å². The third-order valence-electron chi connectivity index (χ3n) is 3.56. The van der Waals surface area contributed by atoms with Gasteiger partial charge in [-0.1, -0.05) is 39.3 Å². The van der Waals surface area contributed by atoms with Gasteiger partial charge in [-0.3, -0.25) is 0 Å². The summed E-state index contributed by atoms with van der Waals surface area (Å²) in [6.45, 7) is 11.4. The SMILES string of the molecule is CCNCc1ccc(OCCN(C)CC(C)CC)cc1. The van der Waals surface area contributed by atoms with Gasteiger partial charge in [-0.2, -0.15) is 0 Å². The maximum absolute atomic E-state index is 5.79. The standard InChI is InChI=1S/C17H30N2O/c1-5-15(3)14-19(4)11-12-20-17-9-7-16(8-10-17)13-18-6-2/h7-10,15,18H,5-6,11-14H2,1-4H3. The van der Waals surface area contributed by atoms with Crippen LogP contribution < -0.4 is 10.1 Å². The van der Waals surface area contributed by atoms with Crippen LogP contribution >= 0.6 is 0 Å². The van der Waals surface area contributed by atoms with Crippen molar-refractivity contribution in [2.75, 3.05) is 33.3 Å². The maximum atomic E-state index is 5.79. The molecule has 1 aromatic carbocycles. The molecule has 0 amide bonds. The zero-order valence-electron chi connectivity index (χ0n) is 13.5. The highest BCUT2D eigenvalue weighted by Crippen LogP contribution is 2.12. The molecule has 0 aliphatic rings. The minimum Gasteiger partial charge on any atom is -0.492 e. The number of ether oxygens (including phenoxy) is 1. The third kappa shape index (κ3) is 6.92. The molecule has 0 bridgehead atoms. The Morgan fingerprint density at radius 3 is 2.50 bits per heavy atom. The van der Waals surface area contributed by atoms with Crippen molar-refractivity contribution in [2.24, 2.45) is 5.92 Å². The smallest absolute Gasteiger partial charge is 0.119 e. The molecule has 1 atom stereocenters. The lowest BCUT2D eigenvalue weighted by atomic mass is 10.1. The number of rotatable bonds is 10. The third-order valence-corrected chi connectivity index (χ3v) is 3.56. The fourth-order valence-electron chi connectivity index (χ4n) is 2.04. The molecule has 3 nitrogen and oxygen atoms in total. The molecule has 1 unspecified atom stereocenters. The molecular formula is C17H30N2O. The Morgan fingerprint density at radius 2 is 1.90 bits per heavy atom. The Labute approximate surface area is 124 Å². The second-order valence-electron chi connectivity index (χ2n) is 5.55. The molecule has 1 rings (SSSR count). The van der Waals surface area contributed by atoms with Crippen LogP contribution in [-0.2, 0) is 6.54 Å². The van der Waals surface area contributed by atoms with Gasteiger partial charge in [0.05, 0.1) is 0 Å². The van der Waals surface area contributed by atoms with Crippen molar-refractivity contribution in [3.63, 3.8) is 0 Å². The predicted molar refractivity (Wildman–Crippen MR) is 86.3 cm³/mol. The average Bonchev–Trinajstić information content (AvgIpc) is 2.46. The van der Waals surface area contributed by atoms with Crippen LogP contribution in [0.1, 0.15) is 32.8 Å². The van der Waals surface area contributed by atoms with Crippen molar-refractivity contribution in [3.05, 3.63) is 29.8 Å². The first kappa shape index (κ1) is 17.0. The van der Waals surface area contributed by atoms with E-state index in [2.05, 4.69) is 62.3 Å². The monoisotopic (exact) mass is 278 g/mol. The number of benzene rings is 1. The molecular weight excluding hydrogens is 248 g/mol. The summed E-state index contributed by atoms with van der Waals surface area (Å²) < 4.78 is 5.79. The van der Waals surface area contributed by atoms with Crippen molar-refractivity contribution < 1.29 is 4.74 Å². The van der Waals surface area contributed by atoms with Crippen molar-refractivity contribution in [3.8, 4) is 5.75 Å². The maximum Gasteiger partial charge on any atom is 0.119 e. The molecule has 0 aliphatic carbocycles. The second kappa shape index (κ2) is 9.78. The van der Waals surface area contributed by atoms with Crippen molar-refractivity contribution in [2.45, 2.75) is 33.7 Å². The van der Waals surface area contributed by atoms with Gasteiger partial charge in [0.1, 0.15) is 12.4 Å².